The Balaban J connectivity index is 2.14. The molecule has 0 saturated heterocycles. The van der Waals surface area contributed by atoms with Gasteiger partial charge < -0.3 is 5.32 Å². The van der Waals surface area contributed by atoms with Gasteiger partial charge in [0.1, 0.15) is 12.0 Å². The number of nitro benzene ring substituents is 1. The zero-order valence-electron chi connectivity index (χ0n) is 11.4. The van der Waals surface area contributed by atoms with Crippen LogP contribution in [-0.2, 0) is 0 Å². The van der Waals surface area contributed by atoms with Gasteiger partial charge in [-0.15, -0.1) is 11.3 Å². The Morgan fingerprint density at radius 2 is 2.18 bits per heavy atom. The van der Waals surface area contributed by atoms with E-state index in [4.69, 9.17) is 0 Å². The number of hydrogen-bond donors (Lipinski definition) is 1. The lowest BCUT2D eigenvalue weighted by Gasteiger charge is -2.09. The van der Waals surface area contributed by atoms with Gasteiger partial charge in [-0.1, -0.05) is 12.1 Å². The zero-order chi connectivity index (χ0) is 15.7. The van der Waals surface area contributed by atoms with E-state index in [1.807, 2.05) is 0 Å². The summed E-state index contributed by atoms with van der Waals surface area (Å²) in [5, 5.41) is 15.9. The van der Waals surface area contributed by atoms with Gasteiger partial charge in [-0.2, -0.15) is 0 Å². The number of aryl methyl sites for hydroxylation is 1. The van der Waals surface area contributed by atoms with Gasteiger partial charge >= 0.3 is 0 Å². The van der Waals surface area contributed by atoms with E-state index in [1.54, 1.807) is 24.4 Å². The van der Waals surface area contributed by atoms with Gasteiger partial charge in [0.05, 0.1) is 20.7 Å². The number of carbonyl (C=O) groups excluding carboxylic acids is 1. The van der Waals surface area contributed by atoms with Crippen molar-refractivity contribution in [1.29, 1.82) is 0 Å². The van der Waals surface area contributed by atoms with Crippen molar-refractivity contribution in [2.45, 2.75) is 6.92 Å². The van der Waals surface area contributed by atoms with Crippen LogP contribution in [0.5, 0.6) is 0 Å². The lowest BCUT2D eigenvalue weighted by molar-refractivity contribution is -0.384. The molecule has 3 rings (SSSR count). The molecule has 0 aliphatic heterocycles. The maximum Gasteiger partial charge on any atom is 0.292 e. The number of nitro groups is 1. The van der Waals surface area contributed by atoms with Crippen LogP contribution in [0.3, 0.4) is 0 Å². The van der Waals surface area contributed by atoms with Gasteiger partial charge in [0.15, 0.2) is 12.1 Å². The quantitative estimate of drug-likeness (QED) is 0.450. The normalized spacial score (nSPS) is 10.6. The molecule has 2 aromatic heterocycles. The number of nitrogens with one attached hydrogen (secondary N) is 1. The first kappa shape index (κ1) is 14.1. The third-order valence-electron chi connectivity index (χ3n) is 3.20. The molecule has 0 aliphatic carbocycles. The number of anilines is 2. The minimum atomic E-state index is -0.445. The summed E-state index contributed by atoms with van der Waals surface area (Å²) in [5.74, 6) is 0.445. The molecule has 3 aromatic rings. The molecular weight excluding hydrogens is 304 g/mol. The van der Waals surface area contributed by atoms with Crippen LogP contribution in [-0.4, -0.2) is 21.2 Å². The predicted molar refractivity (Wildman–Crippen MR) is 83.9 cm³/mol. The average molecular weight is 314 g/mol. The minimum absolute atomic E-state index is 0.0288. The van der Waals surface area contributed by atoms with Gasteiger partial charge in [0.25, 0.3) is 5.69 Å². The van der Waals surface area contributed by atoms with Crippen LogP contribution in [0.4, 0.5) is 17.2 Å². The summed E-state index contributed by atoms with van der Waals surface area (Å²) in [6, 6.07) is 4.84. The molecule has 0 spiro atoms. The number of rotatable bonds is 4. The van der Waals surface area contributed by atoms with Crippen molar-refractivity contribution in [3.8, 4) is 0 Å². The molecule has 8 heteroatoms. The van der Waals surface area contributed by atoms with E-state index in [0.717, 1.165) is 11.8 Å². The fraction of sp³-hybridized carbons (Fsp3) is 0.0714. The lowest BCUT2D eigenvalue weighted by atomic mass is 10.1. The third-order valence-corrected chi connectivity index (χ3v) is 4.19. The third kappa shape index (κ3) is 2.29. The maximum atomic E-state index is 11.2. The van der Waals surface area contributed by atoms with Crippen molar-refractivity contribution < 1.29 is 9.72 Å². The molecule has 0 atom stereocenters. The van der Waals surface area contributed by atoms with Crippen LogP contribution in [0.25, 0.3) is 10.2 Å². The van der Waals surface area contributed by atoms with Crippen LogP contribution in [0.15, 0.2) is 29.9 Å². The highest BCUT2D eigenvalue weighted by Crippen LogP contribution is 2.34. The summed E-state index contributed by atoms with van der Waals surface area (Å²) in [6.07, 6.45) is 2.06. The number of thiophene rings is 1. The highest BCUT2D eigenvalue weighted by molar-refractivity contribution is 7.18. The molecular formula is C14H10N4O3S. The second-order valence-electron chi connectivity index (χ2n) is 4.56. The summed E-state index contributed by atoms with van der Waals surface area (Å²) in [7, 11) is 0. The van der Waals surface area contributed by atoms with Crippen molar-refractivity contribution >= 4 is 45.0 Å². The summed E-state index contributed by atoms with van der Waals surface area (Å²) in [4.78, 5) is 29.9. The van der Waals surface area contributed by atoms with Gasteiger partial charge in [0.2, 0.25) is 0 Å². The number of carbonyl (C=O) groups is 1. The zero-order valence-corrected chi connectivity index (χ0v) is 12.3. The molecule has 0 radical (unpaired) electrons. The van der Waals surface area contributed by atoms with E-state index in [-0.39, 0.29) is 5.69 Å². The average Bonchev–Trinajstić information content (AvgIpc) is 2.93. The number of nitrogens with zero attached hydrogens (tertiary/aromatic N) is 3. The summed E-state index contributed by atoms with van der Waals surface area (Å²) in [6.45, 7) is 1.78. The van der Waals surface area contributed by atoms with Crippen LogP contribution < -0.4 is 5.32 Å². The van der Waals surface area contributed by atoms with Crippen molar-refractivity contribution in [2.75, 3.05) is 5.32 Å². The molecule has 0 fully saturated rings. The second-order valence-corrected chi connectivity index (χ2v) is 5.44. The lowest BCUT2D eigenvalue weighted by Crippen LogP contribution is -2.01. The first-order chi connectivity index (χ1) is 10.6. The number of aldehydes is 1. The monoisotopic (exact) mass is 314 g/mol. The van der Waals surface area contributed by atoms with Crippen molar-refractivity contribution in [1.82, 2.24) is 9.97 Å². The molecule has 0 unspecified atom stereocenters. The Labute approximate surface area is 128 Å². The number of para-hydroxylation sites is 1. The minimum Gasteiger partial charge on any atom is -0.333 e. The van der Waals surface area contributed by atoms with E-state index in [2.05, 4.69) is 15.3 Å². The summed E-state index contributed by atoms with van der Waals surface area (Å²) >= 11 is 1.32. The van der Waals surface area contributed by atoms with Gasteiger partial charge in [-0.05, 0) is 12.5 Å². The van der Waals surface area contributed by atoms with Crippen LogP contribution in [0.2, 0.25) is 0 Å². The molecule has 0 saturated carbocycles. The first-order valence-corrected chi connectivity index (χ1v) is 7.18. The molecule has 2 heterocycles. The van der Waals surface area contributed by atoms with E-state index < -0.39 is 4.92 Å². The van der Waals surface area contributed by atoms with E-state index in [0.29, 0.717) is 27.3 Å². The highest BCUT2D eigenvalue weighted by Gasteiger charge is 2.18. The molecule has 22 heavy (non-hydrogen) atoms. The number of aromatic nitrogens is 2. The van der Waals surface area contributed by atoms with Gasteiger partial charge in [-0.3, -0.25) is 14.9 Å². The van der Waals surface area contributed by atoms with Gasteiger partial charge in [0, 0.05) is 11.4 Å². The smallest absolute Gasteiger partial charge is 0.292 e. The number of hydrogen-bond acceptors (Lipinski definition) is 7. The van der Waals surface area contributed by atoms with Crippen molar-refractivity contribution in [2.24, 2.45) is 0 Å². The molecule has 110 valence electrons. The summed E-state index contributed by atoms with van der Waals surface area (Å²) in [5.41, 5.74) is 2.10. The molecule has 1 N–H and O–H groups in total. The molecule has 0 aliphatic rings. The van der Waals surface area contributed by atoms with Gasteiger partial charge in [-0.25, -0.2) is 9.97 Å². The predicted octanol–water partition coefficient (Wildman–Crippen LogP) is 3.46. The SMILES string of the molecule is Cc1cccc([N+](=O)[O-])c1Nc1ncnc2c(C=O)csc12. The molecule has 1 aromatic carbocycles. The van der Waals surface area contributed by atoms with Crippen molar-refractivity contribution in [3.63, 3.8) is 0 Å². The van der Waals surface area contributed by atoms with E-state index in [9.17, 15) is 14.9 Å². The van der Waals surface area contributed by atoms with Crippen LogP contribution in [0.1, 0.15) is 15.9 Å². The number of fused-ring (bicyclic) bond motifs is 1. The Bertz CT molecular complexity index is 891. The molecule has 0 amide bonds. The Morgan fingerprint density at radius 1 is 1.36 bits per heavy atom. The Hall–Kier alpha value is -2.87. The Kier molecular flexibility index (Phi) is 3.51. The largest absolute Gasteiger partial charge is 0.333 e. The topological polar surface area (TPSA) is 98.0 Å². The first-order valence-electron chi connectivity index (χ1n) is 6.30. The standard InChI is InChI=1S/C14H10N4O3S/c1-8-3-2-4-10(18(20)21)11(8)17-14-13-12(15-7-16-14)9(5-19)6-22-13/h2-7H,1H3,(H,15,16,17). The van der Waals surface area contributed by atoms with Crippen molar-refractivity contribution in [3.05, 3.63) is 51.1 Å². The molecule has 7 nitrogen and oxygen atoms in total. The van der Waals surface area contributed by atoms with Crippen LogP contribution in [0, 0.1) is 17.0 Å². The molecule has 0 bridgehead atoms. The van der Waals surface area contributed by atoms with E-state index >= 15 is 0 Å². The second kappa shape index (κ2) is 5.49. The fourth-order valence-electron chi connectivity index (χ4n) is 2.13. The number of benzene rings is 1. The van der Waals surface area contributed by atoms with E-state index in [1.165, 1.54) is 23.7 Å². The van der Waals surface area contributed by atoms with Crippen LogP contribution >= 0.6 is 11.3 Å². The fourth-order valence-corrected chi connectivity index (χ4v) is 3.04. The summed E-state index contributed by atoms with van der Waals surface area (Å²) < 4.78 is 0.683. The Morgan fingerprint density at radius 3 is 2.91 bits per heavy atom. The highest BCUT2D eigenvalue weighted by atomic mass is 32.1. The maximum absolute atomic E-state index is 11.2.